The number of nitrogens with zero attached hydrogens (tertiary/aromatic N) is 1. The average molecular weight is 263 g/mol. The summed E-state index contributed by atoms with van der Waals surface area (Å²) in [4.78, 5) is 15.6. The van der Waals surface area contributed by atoms with Crippen LogP contribution in [0, 0.1) is 5.82 Å². The molecule has 1 heterocycles. The number of aromatic nitrogens is 1. The molecule has 1 aromatic heterocycles. The molecule has 2 aromatic rings. The number of halogens is 1. The van der Waals surface area contributed by atoms with Gasteiger partial charge >= 0.3 is 5.97 Å². The molecule has 1 aromatic carbocycles. The summed E-state index contributed by atoms with van der Waals surface area (Å²) in [5, 5.41) is 11.7. The number of aliphatic carboxylic acids is 1. The molecule has 1 fully saturated rings. The lowest BCUT2D eigenvalue weighted by molar-refractivity contribution is -0.140. The number of hydrogen-bond acceptors (Lipinski definition) is 3. The maximum Gasteiger partial charge on any atom is 0.315 e. The first-order chi connectivity index (χ1) is 8.62. The zero-order valence-corrected chi connectivity index (χ0v) is 10.2. The van der Waals surface area contributed by atoms with Crippen molar-refractivity contribution in [1.82, 2.24) is 4.98 Å². The van der Waals surface area contributed by atoms with E-state index in [4.69, 9.17) is 0 Å². The van der Waals surface area contributed by atoms with E-state index in [2.05, 4.69) is 4.98 Å². The molecule has 3 nitrogen and oxygen atoms in total. The fraction of sp³-hybridized carbons (Fsp3) is 0.231. The van der Waals surface area contributed by atoms with Crippen molar-refractivity contribution >= 4 is 17.3 Å². The normalized spacial score (nSPS) is 16.5. The molecule has 0 spiro atoms. The number of rotatable bonds is 3. The van der Waals surface area contributed by atoms with Crippen LogP contribution in [0.1, 0.15) is 18.5 Å². The molecule has 18 heavy (non-hydrogen) atoms. The molecular weight excluding hydrogens is 253 g/mol. The van der Waals surface area contributed by atoms with Gasteiger partial charge in [-0.3, -0.25) is 4.79 Å². The molecular formula is C13H10FNO2S. The lowest BCUT2D eigenvalue weighted by Crippen LogP contribution is -2.19. The Morgan fingerprint density at radius 3 is 2.56 bits per heavy atom. The van der Waals surface area contributed by atoms with E-state index in [0.717, 1.165) is 10.6 Å². The van der Waals surface area contributed by atoms with Crippen molar-refractivity contribution in [2.24, 2.45) is 0 Å². The quantitative estimate of drug-likeness (QED) is 0.925. The second kappa shape index (κ2) is 3.88. The molecule has 1 N–H and O–H groups in total. The number of hydrogen-bond donors (Lipinski definition) is 1. The minimum absolute atomic E-state index is 0.292. The standard InChI is InChI=1S/C13H10FNO2S/c14-9-3-1-8(2-4-9)11-15-10(7-18-11)13(5-6-13)12(16)17/h1-4,7H,5-6H2,(H,16,17). The molecule has 0 bridgehead atoms. The van der Waals surface area contributed by atoms with Crippen LogP contribution in [0.4, 0.5) is 4.39 Å². The van der Waals surface area contributed by atoms with Gasteiger partial charge in [-0.2, -0.15) is 0 Å². The molecule has 3 rings (SSSR count). The van der Waals surface area contributed by atoms with Crippen LogP contribution in [0.25, 0.3) is 10.6 Å². The third kappa shape index (κ3) is 1.71. The van der Waals surface area contributed by atoms with E-state index in [1.165, 1.54) is 23.5 Å². The highest BCUT2D eigenvalue weighted by Crippen LogP contribution is 2.49. The van der Waals surface area contributed by atoms with E-state index in [0.29, 0.717) is 18.5 Å². The molecule has 92 valence electrons. The van der Waals surface area contributed by atoms with Crippen LogP contribution >= 0.6 is 11.3 Å². The number of carbonyl (C=O) groups is 1. The van der Waals surface area contributed by atoms with Crippen LogP contribution in [0.3, 0.4) is 0 Å². The summed E-state index contributed by atoms with van der Waals surface area (Å²) in [5.74, 6) is -1.10. The van der Waals surface area contributed by atoms with Crippen LogP contribution in [0.2, 0.25) is 0 Å². The number of benzene rings is 1. The third-order valence-corrected chi connectivity index (χ3v) is 4.14. The van der Waals surface area contributed by atoms with Crippen molar-refractivity contribution in [1.29, 1.82) is 0 Å². The lowest BCUT2D eigenvalue weighted by atomic mass is 10.0. The summed E-state index contributed by atoms with van der Waals surface area (Å²) in [6.45, 7) is 0. The van der Waals surface area contributed by atoms with Gasteiger partial charge in [-0.25, -0.2) is 9.37 Å². The van der Waals surface area contributed by atoms with Crippen molar-refractivity contribution in [2.75, 3.05) is 0 Å². The van der Waals surface area contributed by atoms with Crippen LogP contribution in [0.5, 0.6) is 0 Å². The highest BCUT2D eigenvalue weighted by molar-refractivity contribution is 7.13. The molecule has 0 radical (unpaired) electrons. The van der Waals surface area contributed by atoms with E-state index in [-0.39, 0.29) is 5.82 Å². The number of carboxylic acid groups (broad SMARTS) is 1. The van der Waals surface area contributed by atoms with Gasteiger partial charge < -0.3 is 5.11 Å². The molecule has 0 amide bonds. The minimum atomic E-state index is -0.807. The Labute approximate surface area is 107 Å². The SMILES string of the molecule is O=C(O)C1(c2csc(-c3ccc(F)cc3)n2)CC1. The smallest absolute Gasteiger partial charge is 0.315 e. The van der Waals surface area contributed by atoms with Gasteiger partial charge in [-0.1, -0.05) is 0 Å². The summed E-state index contributed by atoms with van der Waals surface area (Å²) < 4.78 is 12.8. The van der Waals surface area contributed by atoms with Crippen LogP contribution in [-0.4, -0.2) is 16.1 Å². The Kier molecular flexibility index (Phi) is 2.45. The molecule has 0 aliphatic heterocycles. The Morgan fingerprint density at radius 2 is 2.00 bits per heavy atom. The monoisotopic (exact) mass is 263 g/mol. The maximum absolute atomic E-state index is 12.8. The lowest BCUT2D eigenvalue weighted by Gasteiger charge is -2.04. The molecule has 1 saturated carbocycles. The predicted molar refractivity (Wildman–Crippen MR) is 66.1 cm³/mol. The fourth-order valence-electron chi connectivity index (χ4n) is 1.92. The predicted octanol–water partition coefficient (Wildman–Crippen LogP) is 3.07. The Balaban J connectivity index is 1.95. The molecule has 5 heteroatoms. The van der Waals surface area contributed by atoms with E-state index in [1.807, 2.05) is 0 Å². The molecule has 0 unspecified atom stereocenters. The number of carboxylic acids is 1. The third-order valence-electron chi connectivity index (χ3n) is 3.25. The minimum Gasteiger partial charge on any atom is -0.481 e. The second-order valence-corrected chi connectivity index (χ2v) is 5.29. The summed E-state index contributed by atoms with van der Waals surface area (Å²) in [6, 6.07) is 6.05. The summed E-state index contributed by atoms with van der Waals surface area (Å²) in [7, 11) is 0. The molecule has 0 atom stereocenters. The Hall–Kier alpha value is -1.75. The van der Waals surface area contributed by atoms with Crippen LogP contribution in [-0.2, 0) is 10.2 Å². The van der Waals surface area contributed by atoms with Crippen molar-refractivity contribution in [3.05, 3.63) is 41.2 Å². The van der Waals surface area contributed by atoms with Gasteiger partial charge in [0.1, 0.15) is 16.2 Å². The van der Waals surface area contributed by atoms with Gasteiger partial charge in [0.2, 0.25) is 0 Å². The van der Waals surface area contributed by atoms with E-state index in [9.17, 15) is 14.3 Å². The topological polar surface area (TPSA) is 50.2 Å². The van der Waals surface area contributed by atoms with Gasteiger partial charge in [0.25, 0.3) is 0 Å². The van der Waals surface area contributed by atoms with Crippen molar-refractivity contribution < 1.29 is 14.3 Å². The van der Waals surface area contributed by atoms with Crippen molar-refractivity contribution in [3.63, 3.8) is 0 Å². The molecule has 1 aliphatic carbocycles. The van der Waals surface area contributed by atoms with Gasteiger partial charge in [-0.15, -0.1) is 11.3 Å². The van der Waals surface area contributed by atoms with Gasteiger partial charge in [-0.05, 0) is 37.1 Å². The van der Waals surface area contributed by atoms with Crippen LogP contribution in [0.15, 0.2) is 29.6 Å². The van der Waals surface area contributed by atoms with Gasteiger partial charge in [0, 0.05) is 10.9 Å². The summed E-state index contributed by atoms with van der Waals surface area (Å²) in [6.07, 6.45) is 1.30. The second-order valence-electron chi connectivity index (χ2n) is 4.43. The number of thiazole rings is 1. The summed E-state index contributed by atoms with van der Waals surface area (Å²) in [5.41, 5.74) is 0.669. The Morgan fingerprint density at radius 1 is 1.33 bits per heavy atom. The van der Waals surface area contributed by atoms with E-state index >= 15 is 0 Å². The average Bonchev–Trinajstić information content (AvgIpc) is 3.03. The van der Waals surface area contributed by atoms with Crippen molar-refractivity contribution in [2.45, 2.75) is 18.3 Å². The first-order valence-corrected chi connectivity index (χ1v) is 6.45. The molecule has 1 aliphatic rings. The highest BCUT2D eigenvalue weighted by Gasteiger charge is 2.53. The van der Waals surface area contributed by atoms with Gasteiger partial charge in [0.05, 0.1) is 5.69 Å². The highest BCUT2D eigenvalue weighted by atomic mass is 32.1. The van der Waals surface area contributed by atoms with Gasteiger partial charge in [0.15, 0.2) is 0 Å². The first kappa shape index (κ1) is 11.3. The zero-order valence-electron chi connectivity index (χ0n) is 9.39. The summed E-state index contributed by atoms with van der Waals surface area (Å²) >= 11 is 1.40. The Bertz CT molecular complexity index is 602. The largest absolute Gasteiger partial charge is 0.481 e. The zero-order chi connectivity index (χ0) is 12.8. The fourth-order valence-corrected chi connectivity index (χ4v) is 2.85. The van der Waals surface area contributed by atoms with Crippen LogP contribution < -0.4 is 0 Å². The molecule has 0 saturated heterocycles. The first-order valence-electron chi connectivity index (χ1n) is 5.57. The van der Waals surface area contributed by atoms with Crippen molar-refractivity contribution in [3.8, 4) is 10.6 Å². The maximum atomic E-state index is 12.8. The van der Waals surface area contributed by atoms with E-state index in [1.54, 1.807) is 17.5 Å². The van der Waals surface area contributed by atoms with E-state index < -0.39 is 11.4 Å².